The summed E-state index contributed by atoms with van der Waals surface area (Å²) in [5, 5.41) is 10.6. The van der Waals surface area contributed by atoms with E-state index in [9.17, 15) is 9.18 Å². The average Bonchev–Trinajstić information content (AvgIpc) is 3.04. The maximum atomic E-state index is 13.4. The molecule has 0 saturated carbocycles. The highest BCUT2D eigenvalue weighted by Crippen LogP contribution is 2.34. The summed E-state index contributed by atoms with van der Waals surface area (Å²) in [6.45, 7) is 0. The summed E-state index contributed by atoms with van der Waals surface area (Å²) in [7, 11) is 0. The maximum Gasteiger partial charge on any atom is 0.256 e. The minimum Gasteiger partial charge on any atom is -0.321 e. The van der Waals surface area contributed by atoms with Gasteiger partial charge in [0, 0.05) is 9.37 Å². The van der Waals surface area contributed by atoms with Crippen molar-refractivity contribution in [3.63, 3.8) is 0 Å². The molecule has 3 rings (SSSR count). The van der Waals surface area contributed by atoms with E-state index in [1.54, 1.807) is 11.6 Å². The Balaban J connectivity index is 1.85. The Morgan fingerprint density at radius 3 is 2.87 bits per heavy atom. The Hall–Kier alpha value is -1.77. The van der Waals surface area contributed by atoms with Gasteiger partial charge in [-0.25, -0.2) is 4.39 Å². The van der Waals surface area contributed by atoms with Crippen molar-refractivity contribution < 1.29 is 9.18 Å². The van der Waals surface area contributed by atoms with E-state index in [1.807, 2.05) is 18.2 Å². The number of nitrogens with zero attached hydrogens (tertiary/aromatic N) is 2. The molecule has 0 aliphatic rings. The molecule has 0 fully saturated rings. The summed E-state index contributed by atoms with van der Waals surface area (Å²) in [6.07, 6.45) is 0. The van der Waals surface area contributed by atoms with Crippen LogP contribution < -0.4 is 5.32 Å². The van der Waals surface area contributed by atoms with Gasteiger partial charge in [0.2, 0.25) is 0 Å². The monoisotopic (exact) mass is 409 g/mol. The molecule has 0 atom stereocenters. The minimum absolute atomic E-state index is 0.237. The molecular formula is C15H9BrFN3OS2. The van der Waals surface area contributed by atoms with Crippen LogP contribution in [0.5, 0.6) is 0 Å². The summed E-state index contributed by atoms with van der Waals surface area (Å²) in [5.74, 6) is -0.850. The molecular weight excluding hydrogens is 401 g/mol. The number of halogens is 2. The molecule has 116 valence electrons. The van der Waals surface area contributed by atoms with Crippen molar-refractivity contribution in [2.75, 3.05) is 5.32 Å². The SMILES string of the molecule is O=C(Nc1ccccc1Sc1nncs1)c1cc(F)ccc1Br. The molecule has 0 bridgehead atoms. The van der Waals surface area contributed by atoms with Crippen molar-refractivity contribution in [3.05, 3.63) is 63.8 Å². The first-order chi connectivity index (χ1) is 11.1. The van der Waals surface area contributed by atoms with Crippen LogP contribution in [0.25, 0.3) is 0 Å². The van der Waals surface area contributed by atoms with Crippen LogP contribution in [0.3, 0.4) is 0 Å². The number of carbonyl (C=O) groups is 1. The van der Waals surface area contributed by atoms with Gasteiger partial charge in [-0.05, 0) is 46.3 Å². The third-order valence-electron chi connectivity index (χ3n) is 2.85. The molecule has 23 heavy (non-hydrogen) atoms. The van der Waals surface area contributed by atoms with Gasteiger partial charge in [0.1, 0.15) is 11.3 Å². The van der Waals surface area contributed by atoms with Crippen LogP contribution >= 0.6 is 39.0 Å². The summed E-state index contributed by atoms with van der Waals surface area (Å²) < 4.78 is 14.7. The van der Waals surface area contributed by atoms with Gasteiger partial charge in [0.15, 0.2) is 4.34 Å². The number of anilines is 1. The van der Waals surface area contributed by atoms with Crippen LogP contribution in [0.1, 0.15) is 10.4 Å². The third kappa shape index (κ3) is 3.95. The smallest absolute Gasteiger partial charge is 0.256 e. The van der Waals surface area contributed by atoms with E-state index in [0.29, 0.717) is 10.2 Å². The molecule has 4 nitrogen and oxygen atoms in total. The van der Waals surface area contributed by atoms with Crippen molar-refractivity contribution in [3.8, 4) is 0 Å². The molecule has 8 heteroatoms. The Morgan fingerprint density at radius 2 is 2.09 bits per heavy atom. The highest BCUT2D eigenvalue weighted by Gasteiger charge is 2.14. The molecule has 3 aromatic rings. The number of benzene rings is 2. The predicted molar refractivity (Wildman–Crippen MR) is 92.5 cm³/mol. The average molecular weight is 410 g/mol. The van der Waals surface area contributed by atoms with Crippen molar-refractivity contribution in [2.24, 2.45) is 0 Å². The fourth-order valence-corrected chi connectivity index (χ4v) is 3.77. The van der Waals surface area contributed by atoms with E-state index < -0.39 is 5.82 Å². The van der Waals surface area contributed by atoms with Crippen LogP contribution in [-0.2, 0) is 0 Å². The normalized spacial score (nSPS) is 10.5. The molecule has 0 saturated heterocycles. The van der Waals surface area contributed by atoms with E-state index in [-0.39, 0.29) is 11.5 Å². The van der Waals surface area contributed by atoms with Crippen molar-refractivity contribution >= 4 is 50.6 Å². The van der Waals surface area contributed by atoms with Crippen LogP contribution in [0, 0.1) is 5.82 Å². The van der Waals surface area contributed by atoms with Crippen molar-refractivity contribution in [2.45, 2.75) is 9.24 Å². The zero-order valence-electron chi connectivity index (χ0n) is 11.5. The Kier molecular flexibility index (Phi) is 5.04. The van der Waals surface area contributed by atoms with Crippen LogP contribution in [-0.4, -0.2) is 16.1 Å². The summed E-state index contributed by atoms with van der Waals surface area (Å²) in [4.78, 5) is 13.2. The molecule has 1 heterocycles. The van der Waals surface area contributed by atoms with E-state index in [4.69, 9.17) is 0 Å². The van der Waals surface area contributed by atoms with Crippen molar-refractivity contribution in [1.29, 1.82) is 0 Å². The first kappa shape index (κ1) is 16.1. The summed E-state index contributed by atoms with van der Waals surface area (Å²) in [5.41, 5.74) is 2.52. The number of nitrogens with one attached hydrogen (secondary N) is 1. The lowest BCUT2D eigenvalue weighted by Crippen LogP contribution is -2.13. The van der Waals surface area contributed by atoms with Gasteiger partial charge in [-0.2, -0.15) is 0 Å². The molecule has 1 amide bonds. The number of rotatable bonds is 4. The number of para-hydroxylation sites is 1. The highest BCUT2D eigenvalue weighted by molar-refractivity contribution is 9.10. The lowest BCUT2D eigenvalue weighted by Gasteiger charge is -2.10. The number of aromatic nitrogens is 2. The van der Waals surface area contributed by atoms with Gasteiger partial charge < -0.3 is 5.32 Å². The van der Waals surface area contributed by atoms with E-state index in [0.717, 1.165) is 9.24 Å². The fourth-order valence-electron chi connectivity index (χ4n) is 1.82. The first-order valence-electron chi connectivity index (χ1n) is 6.43. The Bertz CT molecular complexity index is 842. The maximum absolute atomic E-state index is 13.4. The van der Waals surface area contributed by atoms with Gasteiger partial charge in [-0.15, -0.1) is 10.2 Å². The summed E-state index contributed by atoms with van der Waals surface area (Å²) >= 11 is 6.09. The number of amides is 1. The molecule has 0 radical (unpaired) electrons. The zero-order valence-corrected chi connectivity index (χ0v) is 14.7. The van der Waals surface area contributed by atoms with Gasteiger partial charge >= 0.3 is 0 Å². The van der Waals surface area contributed by atoms with E-state index >= 15 is 0 Å². The van der Waals surface area contributed by atoms with Crippen LogP contribution in [0.2, 0.25) is 0 Å². The molecule has 0 unspecified atom stereocenters. The predicted octanol–water partition coefficient (Wildman–Crippen LogP) is 4.84. The molecule has 1 N–H and O–H groups in total. The van der Waals surface area contributed by atoms with Gasteiger partial charge in [0.05, 0.1) is 11.3 Å². The number of hydrogen-bond donors (Lipinski definition) is 1. The second-order valence-electron chi connectivity index (χ2n) is 4.38. The van der Waals surface area contributed by atoms with Crippen molar-refractivity contribution in [1.82, 2.24) is 10.2 Å². The van der Waals surface area contributed by atoms with Crippen LogP contribution in [0.15, 0.2) is 61.7 Å². The standard InChI is InChI=1S/C15H9BrFN3OS2/c16-11-6-5-9(17)7-10(11)14(21)19-12-3-1-2-4-13(12)23-15-20-18-8-22-15/h1-8H,(H,19,21). The molecule has 0 aliphatic heterocycles. The number of hydrogen-bond acceptors (Lipinski definition) is 5. The van der Waals surface area contributed by atoms with Crippen LogP contribution in [0.4, 0.5) is 10.1 Å². The third-order valence-corrected chi connectivity index (χ3v) is 5.39. The van der Waals surface area contributed by atoms with Gasteiger partial charge in [-0.3, -0.25) is 4.79 Å². The van der Waals surface area contributed by atoms with E-state index in [1.165, 1.54) is 41.3 Å². The van der Waals surface area contributed by atoms with E-state index in [2.05, 4.69) is 31.4 Å². The Morgan fingerprint density at radius 1 is 1.26 bits per heavy atom. The second-order valence-corrected chi connectivity index (χ2v) is 7.36. The topological polar surface area (TPSA) is 54.9 Å². The summed E-state index contributed by atoms with van der Waals surface area (Å²) in [6, 6.07) is 11.3. The first-order valence-corrected chi connectivity index (χ1v) is 8.92. The highest BCUT2D eigenvalue weighted by atomic mass is 79.9. The minimum atomic E-state index is -0.463. The number of carbonyl (C=O) groups excluding carboxylic acids is 1. The lowest BCUT2D eigenvalue weighted by molar-refractivity contribution is 0.102. The van der Waals surface area contributed by atoms with Gasteiger partial charge in [-0.1, -0.05) is 35.2 Å². The quantitative estimate of drug-likeness (QED) is 0.669. The Labute approximate surface area is 148 Å². The lowest BCUT2D eigenvalue weighted by atomic mass is 10.2. The molecule has 0 spiro atoms. The largest absolute Gasteiger partial charge is 0.321 e. The zero-order chi connectivity index (χ0) is 16.2. The molecule has 0 aliphatic carbocycles. The second kappa shape index (κ2) is 7.20. The van der Waals surface area contributed by atoms with Gasteiger partial charge in [0.25, 0.3) is 5.91 Å². The molecule has 1 aromatic heterocycles. The molecule has 2 aromatic carbocycles. The fraction of sp³-hybridized carbons (Fsp3) is 0.